The molecule has 1 aromatic rings. The Hall–Kier alpha value is -1.35. The second-order valence-corrected chi connectivity index (χ2v) is 5.35. The molecule has 0 saturated carbocycles. The minimum atomic E-state index is -0.271. The van der Waals surface area contributed by atoms with Gasteiger partial charge in [0.15, 0.2) is 0 Å². The van der Waals surface area contributed by atoms with Crippen molar-refractivity contribution in [3.63, 3.8) is 0 Å². The third-order valence-corrected chi connectivity index (χ3v) is 4.16. The van der Waals surface area contributed by atoms with Crippen LogP contribution in [0.5, 0.6) is 0 Å². The number of likely N-dealkylation sites (tertiary alicyclic amines) is 1. The van der Waals surface area contributed by atoms with Crippen LogP contribution in [0.1, 0.15) is 49.0 Å². The van der Waals surface area contributed by atoms with E-state index in [2.05, 4.69) is 18.7 Å². The molecule has 0 amide bonds. The van der Waals surface area contributed by atoms with E-state index in [4.69, 9.17) is 4.74 Å². The minimum absolute atomic E-state index is 0.271. The summed E-state index contributed by atoms with van der Waals surface area (Å²) in [5, 5.41) is 0. The molecule has 0 bridgehead atoms. The Bertz CT molecular complexity index is 427. The number of carbonyl (C=O) groups is 1. The van der Waals surface area contributed by atoms with Crippen LogP contribution in [0.4, 0.5) is 0 Å². The van der Waals surface area contributed by atoms with E-state index in [0.29, 0.717) is 17.6 Å². The van der Waals surface area contributed by atoms with Gasteiger partial charge in [0.2, 0.25) is 0 Å². The van der Waals surface area contributed by atoms with Crippen molar-refractivity contribution < 1.29 is 9.53 Å². The molecule has 0 spiro atoms. The standard InChI is InChI=1S/C16H23NO2/c1-4-15-10-5-12(2)17(15)11-13-6-8-14(9-7-13)16(18)19-3/h6-9,12,15H,4-5,10-11H2,1-3H3. The number of methoxy groups -OCH3 is 1. The first kappa shape index (κ1) is 14.1. The molecule has 2 unspecified atom stereocenters. The van der Waals surface area contributed by atoms with Gasteiger partial charge in [-0.05, 0) is 43.9 Å². The highest BCUT2D eigenvalue weighted by molar-refractivity contribution is 5.89. The molecule has 0 aromatic heterocycles. The van der Waals surface area contributed by atoms with Crippen molar-refractivity contribution in [1.29, 1.82) is 0 Å². The molecule has 3 nitrogen and oxygen atoms in total. The summed E-state index contributed by atoms with van der Waals surface area (Å²) < 4.78 is 4.71. The van der Waals surface area contributed by atoms with E-state index in [-0.39, 0.29) is 5.97 Å². The molecule has 0 radical (unpaired) electrons. The van der Waals surface area contributed by atoms with Gasteiger partial charge in [0, 0.05) is 18.6 Å². The lowest BCUT2D eigenvalue weighted by Gasteiger charge is -2.27. The van der Waals surface area contributed by atoms with E-state index >= 15 is 0 Å². The maximum atomic E-state index is 11.4. The van der Waals surface area contributed by atoms with E-state index in [1.54, 1.807) is 0 Å². The summed E-state index contributed by atoms with van der Waals surface area (Å²) in [6, 6.07) is 9.13. The molecule has 0 N–H and O–H groups in total. The van der Waals surface area contributed by atoms with Crippen LogP contribution in [0.2, 0.25) is 0 Å². The van der Waals surface area contributed by atoms with Crippen molar-refractivity contribution in [3.05, 3.63) is 35.4 Å². The first-order valence-electron chi connectivity index (χ1n) is 7.08. The largest absolute Gasteiger partial charge is 0.465 e. The molecule has 1 aliphatic rings. The average molecular weight is 261 g/mol. The summed E-state index contributed by atoms with van der Waals surface area (Å²) in [7, 11) is 1.41. The van der Waals surface area contributed by atoms with E-state index in [1.165, 1.54) is 31.9 Å². The molecular weight excluding hydrogens is 238 g/mol. The number of esters is 1. The van der Waals surface area contributed by atoms with E-state index in [1.807, 2.05) is 24.3 Å². The normalized spacial score (nSPS) is 23.5. The zero-order valence-corrected chi connectivity index (χ0v) is 12.1. The van der Waals surface area contributed by atoms with Crippen molar-refractivity contribution in [3.8, 4) is 0 Å². The Morgan fingerprint density at radius 1 is 1.32 bits per heavy atom. The molecule has 2 atom stereocenters. The molecule has 3 heteroatoms. The minimum Gasteiger partial charge on any atom is -0.465 e. The quantitative estimate of drug-likeness (QED) is 0.779. The van der Waals surface area contributed by atoms with Gasteiger partial charge in [0.05, 0.1) is 12.7 Å². The summed E-state index contributed by atoms with van der Waals surface area (Å²) >= 11 is 0. The van der Waals surface area contributed by atoms with Crippen LogP contribution < -0.4 is 0 Å². The Morgan fingerprint density at radius 3 is 2.58 bits per heavy atom. The fourth-order valence-electron chi connectivity index (χ4n) is 2.92. The van der Waals surface area contributed by atoms with E-state index in [0.717, 1.165) is 6.54 Å². The lowest BCUT2D eigenvalue weighted by Crippen LogP contribution is -2.33. The number of ether oxygens (including phenoxy) is 1. The fourth-order valence-corrected chi connectivity index (χ4v) is 2.92. The summed E-state index contributed by atoms with van der Waals surface area (Å²) in [4.78, 5) is 14.0. The van der Waals surface area contributed by atoms with Gasteiger partial charge in [-0.2, -0.15) is 0 Å². The maximum Gasteiger partial charge on any atom is 0.337 e. The number of carbonyl (C=O) groups excluding carboxylic acids is 1. The van der Waals surface area contributed by atoms with E-state index < -0.39 is 0 Å². The van der Waals surface area contributed by atoms with Gasteiger partial charge in [0.25, 0.3) is 0 Å². The fraction of sp³-hybridized carbons (Fsp3) is 0.562. The molecule has 0 aliphatic carbocycles. The summed E-state index contributed by atoms with van der Waals surface area (Å²) in [5.41, 5.74) is 1.88. The highest BCUT2D eigenvalue weighted by Gasteiger charge is 2.28. The molecule has 1 saturated heterocycles. The topological polar surface area (TPSA) is 29.5 Å². The van der Waals surface area contributed by atoms with Crippen molar-refractivity contribution in [2.45, 2.75) is 51.7 Å². The predicted octanol–water partition coefficient (Wildman–Crippen LogP) is 3.24. The molecule has 1 aromatic carbocycles. The van der Waals surface area contributed by atoms with Gasteiger partial charge in [-0.25, -0.2) is 4.79 Å². The number of hydrogen-bond donors (Lipinski definition) is 0. The van der Waals surface area contributed by atoms with Crippen molar-refractivity contribution in [2.24, 2.45) is 0 Å². The number of benzene rings is 1. The van der Waals surface area contributed by atoms with Crippen molar-refractivity contribution in [1.82, 2.24) is 4.90 Å². The monoisotopic (exact) mass is 261 g/mol. The lowest BCUT2D eigenvalue weighted by molar-refractivity contribution is 0.0600. The van der Waals surface area contributed by atoms with Gasteiger partial charge in [0.1, 0.15) is 0 Å². The Balaban J connectivity index is 2.05. The van der Waals surface area contributed by atoms with Crippen LogP contribution in [-0.4, -0.2) is 30.1 Å². The van der Waals surface area contributed by atoms with Gasteiger partial charge in [-0.3, -0.25) is 4.90 Å². The summed E-state index contributed by atoms with van der Waals surface area (Å²) in [6.45, 7) is 5.54. The third kappa shape index (κ3) is 3.16. The van der Waals surface area contributed by atoms with Crippen LogP contribution in [-0.2, 0) is 11.3 Å². The molecule has 19 heavy (non-hydrogen) atoms. The van der Waals surface area contributed by atoms with Crippen LogP contribution in [0.25, 0.3) is 0 Å². The zero-order valence-electron chi connectivity index (χ0n) is 12.1. The molecule has 104 valence electrons. The summed E-state index contributed by atoms with van der Waals surface area (Å²) in [5.74, 6) is -0.271. The highest BCUT2D eigenvalue weighted by Crippen LogP contribution is 2.27. The molecule has 1 aliphatic heterocycles. The van der Waals surface area contributed by atoms with Crippen LogP contribution >= 0.6 is 0 Å². The Morgan fingerprint density at radius 2 is 2.00 bits per heavy atom. The molecule has 2 rings (SSSR count). The predicted molar refractivity (Wildman–Crippen MR) is 76.1 cm³/mol. The molecule has 1 heterocycles. The smallest absolute Gasteiger partial charge is 0.337 e. The SMILES string of the molecule is CCC1CCC(C)N1Cc1ccc(C(=O)OC)cc1. The van der Waals surface area contributed by atoms with E-state index in [9.17, 15) is 4.79 Å². The van der Waals surface area contributed by atoms with Gasteiger partial charge < -0.3 is 4.74 Å². The van der Waals surface area contributed by atoms with Gasteiger partial charge in [-0.15, -0.1) is 0 Å². The zero-order chi connectivity index (χ0) is 13.8. The molecular formula is C16H23NO2. The van der Waals surface area contributed by atoms with Gasteiger partial charge >= 0.3 is 5.97 Å². The number of rotatable bonds is 4. The van der Waals surface area contributed by atoms with Crippen LogP contribution in [0, 0.1) is 0 Å². The average Bonchev–Trinajstić information content (AvgIpc) is 2.79. The first-order chi connectivity index (χ1) is 9.15. The summed E-state index contributed by atoms with van der Waals surface area (Å²) in [6.07, 6.45) is 3.81. The second kappa shape index (κ2) is 6.20. The third-order valence-electron chi connectivity index (χ3n) is 4.16. The number of hydrogen-bond acceptors (Lipinski definition) is 3. The number of nitrogens with zero attached hydrogens (tertiary/aromatic N) is 1. The first-order valence-corrected chi connectivity index (χ1v) is 7.08. The Labute approximate surface area is 115 Å². The van der Waals surface area contributed by atoms with Gasteiger partial charge in [-0.1, -0.05) is 19.1 Å². The highest BCUT2D eigenvalue weighted by atomic mass is 16.5. The van der Waals surface area contributed by atoms with Crippen LogP contribution in [0.3, 0.4) is 0 Å². The van der Waals surface area contributed by atoms with Crippen molar-refractivity contribution >= 4 is 5.97 Å². The van der Waals surface area contributed by atoms with Crippen LogP contribution in [0.15, 0.2) is 24.3 Å². The second-order valence-electron chi connectivity index (χ2n) is 5.35. The molecule has 1 fully saturated rings. The maximum absolute atomic E-state index is 11.4. The van der Waals surface area contributed by atoms with Crippen molar-refractivity contribution in [2.75, 3.05) is 7.11 Å². The Kier molecular flexibility index (Phi) is 4.59. The lowest BCUT2D eigenvalue weighted by atomic mass is 10.1.